The van der Waals surface area contributed by atoms with Gasteiger partial charge in [-0.3, -0.25) is 0 Å². The highest BCUT2D eigenvalue weighted by Crippen LogP contribution is 2.35. The number of benzene rings is 2. The number of carbonyl (C=O) groups is 6. The van der Waals surface area contributed by atoms with Crippen molar-refractivity contribution >= 4 is 35.8 Å². The smallest absolute Gasteiger partial charge is 0.339 e. The minimum absolute atomic E-state index is 0.00608. The Labute approximate surface area is 322 Å². The highest BCUT2D eigenvalue weighted by molar-refractivity contribution is 6.09. The maximum atomic E-state index is 14.0. The standard InChI is InChI=1S/C39H52O17/c40-16-4-1-10-22-25(11-2-5-17-41)33(32(38(53)54)26(12-3-6-18-42)28(22)34(45)46)39(55)56-21-9-15-27-29(35(47)48)23(13-7-19-43)24(14-8-20-44)30(36(49)50)31(27)37(51)52/h40-44H,1-21H2,(H,45,46)(H,47,48)(H,49,50)(H,51,52)(H,53,54). The fraction of sp³-hybridized carbons (Fsp3) is 0.538. The number of carboxylic acid groups (broad SMARTS) is 5. The molecule has 0 spiro atoms. The number of aliphatic hydroxyl groups excluding tert-OH is 5. The molecule has 0 aliphatic carbocycles. The number of unbranched alkanes of at least 4 members (excludes halogenated alkanes) is 3. The molecule has 0 heterocycles. The molecule has 10 N–H and O–H groups in total. The molecule has 0 radical (unpaired) electrons. The minimum atomic E-state index is -1.74. The lowest BCUT2D eigenvalue weighted by Gasteiger charge is -2.24. The normalized spacial score (nSPS) is 11.1. The Morgan fingerprint density at radius 3 is 0.946 bits per heavy atom. The molecule has 17 heteroatoms. The van der Waals surface area contributed by atoms with Crippen molar-refractivity contribution in [3.8, 4) is 0 Å². The molecule has 0 fully saturated rings. The van der Waals surface area contributed by atoms with Gasteiger partial charge in [0.05, 0.1) is 40.0 Å². The average Bonchev–Trinajstić information content (AvgIpc) is 3.14. The Morgan fingerprint density at radius 2 is 0.589 bits per heavy atom. The van der Waals surface area contributed by atoms with E-state index >= 15 is 0 Å². The van der Waals surface area contributed by atoms with Gasteiger partial charge in [0, 0.05) is 33.0 Å². The minimum Gasteiger partial charge on any atom is -0.478 e. The zero-order chi connectivity index (χ0) is 41.9. The van der Waals surface area contributed by atoms with E-state index in [9.17, 15) is 79.8 Å². The Balaban J connectivity index is 2.80. The van der Waals surface area contributed by atoms with E-state index in [-0.39, 0.29) is 149 Å². The van der Waals surface area contributed by atoms with E-state index in [0.29, 0.717) is 0 Å². The first-order chi connectivity index (χ1) is 26.7. The van der Waals surface area contributed by atoms with E-state index in [0.717, 1.165) is 0 Å². The maximum absolute atomic E-state index is 14.0. The number of hydrogen-bond acceptors (Lipinski definition) is 12. The maximum Gasteiger partial charge on any atom is 0.339 e. The van der Waals surface area contributed by atoms with Crippen LogP contribution in [0.5, 0.6) is 0 Å². The monoisotopic (exact) mass is 792 g/mol. The number of rotatable bonds is 28. The molecule has 0 aromatic heterocycles. The van der Waals surface area contributed by atoms with E-state index in [4.69, 9.17) is 4.74 Å². The van der Waals surface area contributed by atoms with Crippen molar-refractivity contribution in [3.63, 3.8) is 0 Å². The molecule has 310 valence electrons. The van der Waals surface area contributed by atoms with Crippen molar-refractivity contribution in [3.05, 3.63) is 66.8 Å². The lowest BCUT2D eigenvalue weighted by Crippen LogP contribution is -2.24. The molecule has 0 atom stereocenters. The molecule has 0 unspecified atom stereocenters. The van der Waals surface area contributed by atoms with Crippen LogP contribution in [-0.2, 0) is 43.3 Å². The molecule has 0 saturated heterocycles. The van der Waals surface area contributed by atoms with E-state index < -0.39 is 89.9 Å². The summed E-state index contributed by atoms with van der Waals surface area (Å²) in [6.07, 6.45) is 0.199. The summed E-state index contributed by atoms with van der Waals surface area (Å²) in [4.78, 5) is 77.5. The number of aromatic carboxylic acids is 5. The van der Waals surface area contributed by atoms with Gasteiger partial charge < -0.3 is 55.8 Å². The zero-order valence-corrected chi connectivity index (χ0v) is 31.2. The summed E-state index contributed by atoms with van der Waals surface area (Å²) in [5, 5.41) is 98.8. The van der Waals surface area contributed by atoms with E-state index in [1.54, 1.807) is 0 Å². The lowest BCUT2D eigenvalue weighted by molar-refractivity contribution is 0.0485. The van der Waals surface area contributed by atoms with Crippen molar-refractivity contribution in [1.82, 2.24) is 0 Å². The zero-order valence-electron chi connectivity index (χ0n) is 31.2. The van der Waals surface area contributed by atoms with Crippen molar-refractivity contribution in [1.29, 1.82) is 0 Å². The Hall–Kier alpha value is -4.94. The number of hydrogen-bond donors (Lipinski definition) is 10. The van der Waals surface area contributed by atoms with Crippen LogP contribution >= 0.6 is 0 Å². The Morgan fingerprint density at radius 1 is 0.321 bits per heavy atom. The summed E-state index contributed by atoms with van der Waals surface area (Å²) in [6.45, 7) is -2.09. The Kier molecular flexibility index (Phi) is 20.1. The van der Waals surface area contributed by atoms with Crippen LogP contribution in [-0.4, -0.2) is 127 Å². The van der Waals surface area contributed by atoms with Crippen molar-refractivity contribution in [2.24, 2.45) is 0 Å². The summed E-state index contributed by atoms with van der Waals surface area (Å²) in [5.74, 6) is -9.21. The van der Waals surface area contributed by atoms with Crippen molar-refractivity contribution in [2.75, 3.05) is 39.6 Å². The quantitative estimate of drug-likeness (QED) is 0.0437. The van der Waals surface area contributed by atoms with E-state index in [2.05, 4.69) is 0 Å². The molecule has 0 saturated carbocycles. The van der Waals surface area contributed by atoms with E-state index in [1.165, 1.54) is 0 Å². The second kappa shape index (κ2) is 23.9. The molecule has 56 heavy (non-hydrogen) atoms. The predicted octanol–water partition coefficient (Wildman–Crippen LogP) is 2.76. The molecule has 0 aliphatic rings. The molecule has 2 aromatic carbocycles. The third-order valence-electron chi connectivity index (χ3n) is 9.39. The lowest BCUT2D eigenvalue weighted by atomic mass is 9.81. The van der Waals surface area contributed by atoms with Crippen molar-refractivity contribution in [2.45, 2.75) is 96.3 Å². The molecule has 2 rings (SSSR count). The summed E-state index contributed by atoms with van der Waals surface area (Å²) < 4.78 is 5.55. The largest absolute Gasteiger partial charge is 0.478 e. The number of carbonyl (C=O) groups excluding carboxylic acids is 1. The van der Waals surface area contributed by atoms with Gasteiger partial charge in [0.2, 0.25) is 0 Å². The molecule has 17 nitrogen and oxygen atoms in total. The van der Waals surface area contributed by atoms with Gasteiger partial charge >= 0.3 is 35.8 Å². The SMILES string of the molecule is O=C(O)c1c(CCCO)c(CCCO)c(C(=O)O)c(C(=O)O)c1CCCOC(=O)c1c(CCCCO)c(CCCCO)c(C(=O)O)c(CCCCO)c1C(=O)O. The first-order valence-corrected chi connectivity index (χ1v) is 18.5. The molecule has 0 bridgehead atoms. The van der Waals surface area contributed by atoms with E-state index in [1.807, 2.05) is 0 Å². The number of esters is 1. The second-order valence-corrected chi connectivity index (χ2v) is 13.1. The Bertz CT molecular complexity index is 1730. The number of carboxylic acids is 5. The van der Waals surface area contributed by atoms with Gasteiger partial charge in [0.15, 0.2) is 0 Å². The van der Waals surface area contributed by atoms with Gasteiger partial charge in [-0.1, -0.05) is 0 Å². The molecule has 0 amide bonds. The molecular weight excluding hydrogens is 740 g/mol. The summed E-state index contributed by atoms with van der Waals surface area (Å²) in [5.41, 5.74) is -3.75. The number of aliphatic hydroxyl groups is 5. The first-order valence-electron chi connectivity index (χ1n) is 18.5. The van der Waals surface area contributed by atoms with Gasteiger partial charge in [0.1, 0.15) is 0 Å². The van der Waals surface area contributed by atoms with Gasteiger partial charge in [0.25, 0.3) is 0 Å². The topological polar surface area (TPSA) is 314 Å². The molecule has 0 aliphatic heterocycles. The van der Waals surface area contributed by atoms with Crippen LogP contribution in [0.25, 0.3) is 0 Å². The van der Waals surface area contributed by atoms with Crippen LogP contribution < -0.4 is 0 Å². The fourth-order valence-electron chi connectivity index (χ4n) is 7.11. The van der Waals surface area contributed by atoms with Crippen LogP contribution in [0.4, 0.5) is 0 Å². The van der Waals surface area contributed by atoms with Crippen LogP contribution in [0.3, 0.4) is 0 Å². The van der Waals surface area contributed by atoms with Crippen LogP contribution in [0.2, 0.25) is 0 Å². The van der Waals surface area contributed by atoms with Gasteiger partial charge in [-0.15, -0.1) is 0 Å². The summed E-state index contributed by atoms with van der Waals surface area (Å²) >= 11 is 0. The van der Waals surface area contributed by atoms with Gasteiger partial charge in [-0.05, 0) is 130 Å². The van der Waals surface area contributed by atoms with Crippen LogP contribution in [0.1, 0.15) is 153 Å². The van der Waals surface area contributed by atoms with Gasteiger partial charge in [-0.2, -0.15) is 0 Å². The highest BCUT2D eigenvalue weighted by Gasteiger charge is 2.35. The fourth-order valence-corrected chi connectivity index (χ4v) is 7.11. The van der Waals surface area contributed by atoms with Gasteiger partial charge in [-0.25, -0.2) is 28.8 Å². The van der Waals surface area contributed by atoms with Crippen LogP contribution in [0.15, 0.2) is 0 Å². The summed E-state index contributed by atoms with van der Waals surface area (Å²) in [6, 6.07) is 0. The van der Waals surface area contributed by atoms with Crippen molar-refractivity contribution < 1.29 is 84.6 Å². The third-order valence-corrected chi connectivity index (χ3v) is 9.39. The first kappa shape index (κ1) is 47.2. The second-order valence-electron chi connectivity index (χ2n) is 13.1. The summed E-state index contributed by atoms with van der Waals surface area (Å²) in [7, 11) is 0. The predicted molar refractivity (Wildman–Crippen MR) is 197 cm³/mol. The molecular formula is C39H52O17. The number of ether oxygens (including phenoxy) is 1. The molecule has 2 aromatic rings. The highest BCUT2D eigenvalue weighted by atomic mass is 16.5. The average molecular weight is 793 g/mol. The third kappa shape index (κ3) is 12.0. The van der Waals surface area contributed by atoms with Crippen LogP contribution in [0, 0.1) is 0 Å².